The molecule has 0 aliphatic rings. The average Bonchev–Trinajstić information content (AvgIpc) is 2.45. The van der Waals surface area contributed by atoms with Crippen molar-refractivity contribution in [3.05, 3.63) is 15.9 Å². The fraction of sp³-hybridized carbons (Fsp3) is 0.600. The molecule has 0 fully saturated rings. The summed E-state index contributed by atoms with van der Waals surface area (Å²) in [5, 5.41) is 1.71. The summed E-state index contributed by atoms with van der Waals surface area (Å²) in [6.07, 6.45) is -4.92. The fourth-order valence-corrected chi connectivity index (χ4v) is 2.42. The molecule has 17 heavy (non-hydrogen) atoms. The zero-order valence-electron chi connectivity index (χ0n) is 9.92. The molecule has 0 aliphatic carbocycles. The third-order valence-electron chi connectivity index (χ3n) is 2.13. The van der Waals surface area contributed by atoms with Crippen LogP contribution >= 0.6 is 11.3 Å². The molecule has 0 atom stereocenters. The highest BCUT2D eigenvalue weighted by molar-refractivity contribution is 7.07. The Morgan fingerprint density at radius 1 is 1.35 bits per heavy atom. The van der Waals surface area contributed by atoms with E-state index < -0.39 is 12.1 Å². The summed E-state index contributed by atoms with van der Waals surface area (Å²) in [5.41, 5.74) is 0.622. The Morgan fingerprint density at radius 3 is 2.24 bits per heavy atom. The highest BCUT2D eigenvalue weighted by atomic mass is 32.1. The summed E-state index contributed by atoms with van der Waals surface area (Å²) in [7, 11) is 1.60. The van der Waals surface area contributed by atoms with Gasteiger partial charge in [-0.1, -0.05) is 20.8 Å². The van der Waals surface area contributed by atoms with E-state index in [0.29, 0.717) is 0 Å². The maximum absolute atomic E-state index is 12.1. The molecule has 0 radical (unpaired) electrons. The van der Waals surface area contributed by atoms with Gasteiger partial charge in [0.25, 0.3) is 0 Å². The first-order chi connectivity index (χ1) is 7.53. The van der Waals surface area contributed by atoms with Crippen molar-refractivity contribution in [1.82, 2.24) is 4.57 Å². The first-order valence-electron chi connectivity index (χ1n) is 4.84. The molecule has 0 saturated carbocycles. The Morgan fingerprint density at radius 2 is 1.88 bits per heavy atom. The number of rotatable bonds is 0. The molecule has 96 valence electrons. The molecule has 0 aliphatic heterocycles. The summed E-state index contributed by atoms with van der Waals surface area (Å²) in [6, 6.07) is 0. The van der Waals surface area contributed by atoms with E-state index in [2.05, 4.69) is 4.99 Å². The average molecular weight is 266 g/mol. The number of hydrogen-bond donors (Lipinski definition) is 0. The number of carbonyl (C=O) groups is 1. The lowest BCUT2D eigenvalue weighted by Gasteiger charge is -2.18. The number of amides is 1. The van der Waals surface area contributed by atoms with Gasteiger partial charge in [-0.3, -0.25) is 4.79 Å². The van der Waals surface area contributed by atoms with Crippen LogP contribution in [0, 0.1) is 0 Å². The van der Waals surface area contributed by atoms with Gasteiger partial charge < -0.3 is 4.57 Å². The lowest BCUT2D eigenvalue weighted by atomic mass is 9.93. The molecular weight excluding hydrogens is 253 g/mol. The molecule has 1 rings (SSSR count). The zero-order chi connectivity index (χ0) is 13.4. The number of thiazole rings is 1. The molecule has 0 saturated heterocycles. The van der Waals surface area contributed by atoms with Crippen molar-refractivity contribution in [1.29, 1.82) is 0 Å². The molecule has 0 spiro atoms. The minimum absolute atomic E-state index is 0.0530. The number of halogens is 3. The fourth-order valence-electron chi connectivity index (χ4n) is 1.30. The van der Waals surface area contributed by atoms with Crippen LogP contribution in [0.2, 0.25) is 0 Å². The third kappa shape index (κ3) is 3.18. The molecule has 0 bridgehead atoms. The number of nitrogens with zero attached hydrogens (tertiary/aromatic N) is 2. The standard InChI is InChI=1S/C10H13F3N2OS/c1-9(2,3)6-5-17-8(15(6)4)14-7(16)10(11,12)13/h5H,1-4H3. The minimum Gasteiger partial charge on any atom is -0.323 e. The van der Waals surface area contributed by atoms with Crippen molar-refractivity contribution in [3.8, 4) is 0 Å². The summed E-state index contributed by atoms with van der Waals surface area (Å²) < 4.78 is 37.7. The van der Waals surface area contributed by atoms with Crippen LogP contribution in [0.3, 0.4) is 0 Å². The van der Waals surface area contributed by atoms with Gasteiger partial charge >= 0.3 is 12.1 Å². The van der Waals surface area contributed by atoms with Gasteiger partial charge in [0.05, 0.1) is 0 Å². The number of aromatic nitrogens is 1. The Balaban J connectivity index is 3.24. The smallest absolute Gasteiger partial charge is 0.323 e. The van der Waals surface area contributed by atoms with Gasteiger partial charge in [-0.25, -0.2) is 0 Å². The topological polar surface area (TPSA) is 34.4 Å². The summed E-state index contributed by atoms with van der Waals surface area (Å²) in [6.45, 7) is 5.80. The van der Waals surface area contributed by atoms with Gasteiger partial charge in [0.15, 0.2) is 4.80 Å². The van der Waals surface area contributed by atoms with E-state index in [1.165, 1.54) is 4.57 Å². The second kappa shape index (κ2) is 4.29. The van der Waals surface area contributed by atoms with Crippen molar-refractivity contribution in [2.75, 3.05) is 0 Å². The summed E-state index contributed by atoms with van der Waals surface area (Å²) in [5.74, 6) is -2.07. The molecule has 0 aromatic carbocycles. The van der Waals surface area contributed by atoms with E-state index in [1.54, 1.807) is 12.4 Å². The Hall–Kier alpha value is -1.11. The van der Waals surface area contributed by atoms with Gasteiger partial charge in [0.2, 0.25) is 0 Å². The Labute approximate surface area is 101 Å². The van der Waals surface area contributed by atoms with Gasteiger partial charge in [-0.05, 0) is 0 Å². The monoisotopic (exact) mass is 266 g/mol. The van der Waals surface area contributed by atoms with Gasteiger partial charge in [0, 0.05) is 23.5 Å². The van der Waals surface area contributed by atoms with Crippen LogP contribution in [-0.4, -0.2) is 16.7 Å². The van der Waals surface area contributed by atoms with Crippen LogP contribution in [0.5, 0.6) is 0 Å². The summed E-state index contributed by atoms with van der Waals surface area (Å²) >= 11 is 1.02. The highest BCUT2D eigenvalue weighted by Crippen LogP contribution is 2.22. The van der Waals surface area contributed by atoms with Crippen molar-refractivity contribution in [3.63, 3.8) is 0 Å². The molecule has 0 unspecified atom stereocenters. The maximum atomic E-state index is 12.1. The van der Waals surface area contributed by atoms with Gasteiger partial charge in [-0.15, -0.1) is 11.3 Å². The number of carbonyl (C=O) groups excluding carboxylic acids is 1. The molecular formula is C10H13F3N2OS. The number of hydrogen-bond acceptors (Lipinski definition) is 2. The zero-order valence-corrected chi connectivity index (χ0v) is 10.7. The summed E-state index contributed by atoms with van der Waals surface area (Å²) in [4.78, 5) is 13.9. The Bertz CT molecular complexity index is 491. The van der Waals surface area contributed by atoms with Crippen LogP contribution in [-0.2, 0) is 17.3 Å². The van der Waals surface area contributed by atoms with E-state index >= 15 is 0 Å². The van der Waals surface area contributed by atoms with E-state index in [0.717, 1.165) is 17.0 Å². The first kappa shape index (κ1) is 14.0. The number of alkyl halides is 3. The van der Waals surface area contributed by atoms with Crippen molar-refractivity contribution < 1.29 is 18.0 Å². The lowest BCUT2D eigenvalue weighted by Crippen LogP contribution is -2.26. The van der Waals surface area contributed by atoms with Gasteiger partial charge in [0.1, 0.15) is 0 Å². The predicted molar refractivity (Wildman–Crippen MR) is 58.6 cm³/mol. The Kier molecular flexibility index (Phi) is 3.52. The van der Waals surface area contributed by atoms with E-state index in [1.807, 2.05) is 20.8 Å². The van der Waals surface area contributed by atoms with Crippen LogP contribution in [0.4, 0.5) is 13.2 Å². The molecule has 7 heteroatoms. The molecule has 1 aromatic heterocycles. The predicted octanol–water partition coefficient (Wildman–Crippen LogP) is 2.37. The SMILES string of the molecule is Cn1c(C(C)(C)C)csc1=NC(=O)C(F)(F)F. The highest BCUT2D eigenvalue weighted by Gasteiger charge is 2.38. The lowest BCUT2D eigenvalue weighted by molar-refractivity contribution is -0.169. The maximum Gasteiger partial charge on any atom is 0.473 e. The van der Waals surface area contributed by atoms with Crippen molar-refractivity contribution >= 4 is 17.2 Å². The molecule has 1 heterocycles. The van der Waals surface area contributed by atoms with Crippen LogP contribution in [0.25, 0.3) is 0 Å². The van der Waals surface area contributed by atoms with Crippen LogP contribution in [0.15, 0.2) is 10.4 Å². The second-order valence-electron chi connectivity index (χ2n) is 4.63. The molecule has 1 amide bonds. The van der Waals surface area contributed by atoms with E-state index in [9.17, 15) is 18.0 Å². The molecule has 0 N–H and O–H groups in total. The first-order valence-corrected chi connectivity index (χ1v) is 5.72. The van der Waals surface area contributed by atoms with Crippen molar-refractivity contribution in [2.24, 2.45) is 12.0 Å². The van der Waals surface area contributed by atoms with Crippen molar-refractivity contribution in [2.45, 2.75) is 32.4 Å². The quantitative estimate of drug-likeness (QED) is 0.710. The van der Waals surface area contributed by atoms with Crippen LogP contribution < -0.4 is 4.80 Å². The normalized spacial score (nSPS) is 14.2. The van der Waals surface area contributed by atoms with Crippen LogP contribution in [0.1, 0.15) is 26.5 Å². The third-order valence-corrected chi connectivity index (χ3v) is 3.05. The molecule has 3 nitrogen and oxygen atoms in total. The van der Waals surface area contributed by atoms with E-state index in [4.69, 9.17) is 0 Å². The largest absolute Gasteiger partial charge is 0.473 e. The van der Waals surface area contributed by atoms with E-state index in [-0.39, 0.29) is 10.2 Å². The van der Waals surface area contributed by atoms with Gasteiger partial charge in [-0.2, -0.15) is 18.2 Å². The molecule has 1 aromatic rings. The second-order valence-corrected chi connectivity index (χ2v) is 5.46. The minimum atomic E-state index is -4.92.